The van der Waals surface area contributed by atoms with Gasteiger partial charge in [0.25, 0.3) is 0 Å². The topological polar surface area (TPSA) is 29.4 Å². The van der Waals surface area contributed by atoms with E-state index in [-0.39, 0.29) is 5.78 Å². The van der Waals surface area contributed by atoms with Crippen molar-refractivity contribution in [2.75, 3.05) is 7.05 Å². The highest BCUT2D eigenvalue weighted by Gasteiger charge is 2.12. The Morgan fingerprint density at radius 2 is 1.90 bits per heavy atom. The molecule has 1 atom stereocenters. The summed E-state index contributed by atoms with van der Waals surface area (Å²) in [6, 6.07) is 10.4. The Morgan fingerprint density at radius 3 is 2.40 bits per heavy atom. The van der Waals surface area contributed by atoms with Crippen molar-refractivity contribution in [3.8, 4) is 0 Å². The zero-order valence-corrected chi connectivity index (χ0v) is 13.0. The quantitative estimate of drug-likeness (QED) is 0.682. The van der Waals surface area contributed by atoms with Gasteiger partial charge in [-0.2, -0.15) is 0 Å². The summed E-state index contributed by atoms with van der Waals surface area (Å²) in [5.74, 6) is 0.568. The minimum Gasteiger partial charge on any atom is -0.292 e. The maximum atomic E-state index is 11.9. The number of carbonyl (C=O) groups is 1. The average molecular weight is 271 g/mol. The van der Waals surface area contributed by atoms with E-state index in [1.807, 2.05) is 19.1 Å². The summed E-state index contributed by atoms with van der Waals surface area (Å²) >= 11 is 0. The van der Waals surface area contributed by atoms with Gasteiger partial charge in [0.15, 0.2) is 5.78 Å². The second-order valence-electron chi connectivity index (χ2n) is 5.08. The van der Waals surface area contributed by atoms with Crippen LogP contribution in [0.15, 0.2) is 47.0 Å². The van der Waals surface area contributed by atoms with Crippen molar-refractivity contribution in [1.82, 2.24) is 0 Å². The molecular weight excluding hydrogens is 246 g/mol. The number of rotatable bonds is 7. The molecule has 1 rings (SSSR count). The van der Waals surface area contributed by atoms with Crippen molar-refractivity contribution in [1.29, 1.82) is 0 Å². The second-order valence-corrected chi connectivity index (χ2v) is 5.08. The lowest BCUT2D eigenvalue weighted by molar-refractivity contribution is -0.112. The van der Waals surface area contributed by atoms with Crippen LogP contribution in [0, 0.1) is 5.92 Å². The summed E-state index contributed by atoms with van der Waals surface area (Å²) in [6.07, 6.45) is 4.44. The maximum absolute atomic E-state index is 11.9. The van der Waals surface area contributed by atoms with Gasteiger partial charge < -0.3 is 0 Å². The van der Waals surface area contributed by atoms with Gasteiger partial charge in [0, 0.05) is 13.5 Å². The minimum absolute atomic E-state index is 0.112. The van der Waals surface area contributed by atoms with Gasteiger partial charge >= 0.3 is 0 Å². The van der Waals surface area contributed by atoms with Crippen molar-refractivity contribution in [3.63, 3.8) is 0 Å². The summed E-state index contributed by atoms with van der Waals surface area (Å²) in [5.41, 5.74) is 3.15. The van der Waals surface area contributed by atoms with Gasteiger partial charge in [0.1, 0.15) is 0 Å². The number of hydrogen-bond acceptors (Lipinski definition) is 2. The van der Waals surface area contributed by atoms with Gasteiger partial charge in [-0.1, -0.05) is 56.7 Å². The summed E-state index contributed by atoms with van der Waals surface area (Å²) in [6.45, 7) is 6.26. The molecule has 108 valence electrons. The number of allylic oxidation sites excluding steroid dienone is 2. The first kappa shape index (κ1) is 16.4. The van der Waals surface area contributed by atoms with E-state index in [2.05, 4.69) is 43.1 Å². The Morgan fingerprint density at radius 1 is 1.25 bits per heavy atom. The van der Waals surface area contributed by atoms with Crippen LogP contribution in [0.25, 0.3) is 0 Å². The summed E-state index contributed by atoms with van der Waals surface area (Å²) in [7, 11) is 1.69. The lowest BCUT2D eigenvalue weighted by Crippen LogP contribution is -2.13. The number of carbonyl (C=O) groups excluding carboxylic acids is 1. The molecule has 0 spiro atoms. The fraction of sp³-hybridized carbons (Fsp3) is 0.444. The third kappa shape index (κ3) is 4.76. The fourth-order valence-electron chi connectivity index (χ4n) is 2.09. The van der Waals surface area contributed by atoms with E-state index in [9.17, 15) is 4.79 Å². The Balaban J connectivity index is 3.03. The molecule has 1 aromatic rings. The predicted molar refractivity (Wildman–Crippen MR) is 86.3 cm³/mol. The van der Waals surface area contributed by atoms with Crippen LogP contribution in [0.5, 0.6) is 0 Å². The van der Waals surface area contributed by atoms with E-state index < -0.39 is 0 Å². The molecule has 0 fully saturated rings. The molecule has 0 bridgehead atoms. The lowest BCUT2D eigenvalue weighted by Gasteiger charge is -2.15. The van der Waals surface area contributed by atoms with Gasteiger partial charge in [-0.15, -0.1) is 0 Å². The van der Waals surface area contributed by atoms with Crippen LogP contribution in [0.4, 0.5) is 0 Å². The fourth-order valence-corrected chi connectivity index (χ4v) is 2.09. The van der Waals surface area contributed by atoms with Crippen LogP contribution < -0.4 is 0 Å². The van der Waals surface area contributed by atoms with E-state index in [4.69, 9.17) is 0 Å². The Hall–Kier alpha value is -1.70. The summed E-state index contributed by atoms with van der Waals surface area (Å²) < 4.78 is 0. The maximum Gasteiger partial charge on any atom is 0.180 e. The standard InChI is InChI=1S/C18H25NO/c1-5-14(3)16(12-15-10-8-7-9-11-15)13-17(19-4)18(20)6-2/h7-11,13-14H,5-6,12H2,1-4H3/b16-13-,19-17+. The van der Waals surface area contributed by atoms with Crippen LogP contribution in [0.3, 0.4) is 0 Å². The normalized spacial score (nSPS) is 14.2. The average Bonchev–Trinajstić information content (AvgIpc) is 2.50. The van der Waals surface area contributed by atoms with Gasteiger partial charge in [-0.25, -0.2) is 0 Å². The molecular formula is C18H25NO. The first-order chi connectivity index (χ1) is 9.62. The number of aliphatic imine (C=N–C) groups is 1. The SMILES string of the molecule is CCC(=O)C(/C=C(/Cc1ccccc1)C(C)CC)=N/C. The highest BCUT2D eigenvalue weighted by molar-refractivity contribution is 6.44. The van der Waals surface area contributed by atoms with E-state index in [1.54, 1.807) is 7.05 Å². The summed E-state index contributed by atoms with van der Waals surface area (Å²) in [4.78, 5) is 16.0. The highest BCUT2D eigenvalue weighted by Crippen LogP contribution is 2.20. The molecule has 0 radical (unpaired) electrons. The zero-order chi connectivity index (χ0) is 15.0. The Bertz CT molecular complexity index is 485. The molecule has 0 heterocycles. The number of hydrogen-bond donors (Lipinski definition) is 0. The largest absolute Gasteiger partial charge is 0.292 e. The highest BCUT2D eigenvalue weighted by atomic mass is 16.1. The molecule has 2 heteroatoms. The molecule has 1 unspecified atom stereocenters. The molecule has 0 aliphatic rings. The molecule has 0 aliphatic heterocycles. The second kappa shape index (κ2) is 8.47. The third-order valence-electron chi connectivity index (χ3n) is 3.67. The van der Waals surface area contributed by atoms with E-state index in [0.717, 1.165) is 12.8 Å². The van der Waals surface area contributed by atoms with Crippen molar-refractivity contribution in [2.45, 2.75) is 40.0 Å². The zero-order valence-electron chi connectivity index (χ0n) is 13.0. The van der Waals surface area contributed by atoms with Crippen molar-refractivity contribution in [3.05, 3.63) is 47.5 Å². The van der Waals surface area contributed by atoms with Gasteiger partial charge in [-0.3, -0.25) is 9.79 Å². The number of nitrogens with zero attached hydrogens (tertiary/aromatic N) is 1. The Labute approximate surface area is 122 Å². The van der Waals surface area contributed by atoms with E-state index in [0.29, 0.717) is 18.1 Å². The molecule has 0 saturated carbocycles. The number of ketones is 1. The van der Waals surface area contributed by atoms with E-state index >= 15 is 0 Å². The van der Waals surface area contributed by atoms with Crippen molar-refractivity contribution >= 4 is 11.5 Å². The molecule has 0 N–H and O–H groups in total. The van der Waals surface area contributed by atoms with Gasteiger partial charge in [0.05, 0.1) is 5.71 Å². The summed E-state index contributed by atoms with van der Waals surface area (Å²) in [5, 5.41) is 0. The van der Waals surface area contributed by atoms with Crippen LogP contribution >= 0.6 is 0 Å². The van der Waals surface area contributed by atoms with Gasteiger partial charge in [0.2, 0.25) is 0 Å². The number of benzene rings is 1. The molecule has 0 saturated heterocycles. The monoisotopic (exact) mass is 271 g/mol. The Kier molecular flexibility index (Phi) is 6.92. The minimum atomic E-state index is 0.112. The van der Waals surface area contributed by atoms with Crippen LogP contribution in [0.2, 0.25) is 0 Å². The smallest absolute Gasteiger partial charge is 0.180 e. The molecule has 0 aromatic heterocycles. The van der Waals surface area contributed by atoms with Crippen LogP contribution in [0.1, 0.15) is 39.2 Å². The third-order valence-corrected chi connectivity index (χ3v) is 3.67. The molecule has 2 nitrogen and oxygen atoms in total. The molecule has 1 aromatic carbocycles. The van der Waals surface area contributed by atoms with E-state index in [1.165, 1.54) is 11.1 Å². The molecule has 0 aliphatic carbocycles. The lowest BCUT2D eigenvalue weighted by atomic mass is 9.90. The van der Waals surface area contributed by atoms with Crippen LogP contribution in [-0.2, 0) is 11.2 Å². The molecule has 0 amide bonds. The predicted octanol–water partition coefficient (Wildman–Crippen LogP) is 4.25. The first-order valence-corrected chi connectivity index (χ1v) is 7.36. The van der Waals surface area contributed by atoms with Crippen LogP contribution in [-0.4, -0.2) is 18.5 Å². The molecule has 20 heavy (non-hydrogen) atoms. The first-order valence-electron chi connectivity index (χ1n) is 7.36. The van der Waals surface area contributed by atoms with Gasteiger partial charge in [-0.05, 0) is 30.4 Å². The van der Waals surface area contributed by atoms with Crippen molar-refractivity contribution < 1.29 is 4.79 Å². The van der Waals surface area contributed by atoms with Crippen molar-refractivity contribution in [2.24, 2.45) is 10.9 Å². The number of Topliss-reactive ketones (excluding diaryl/α,β-unsaturated/α-hetero) is 1.